The van der Waals surface area contributed by atoms with Crippen LogP contribution in [0, 0.1) is 0 Å². The molecule has 9 heteroatoms. The first-order valence-electron chi connectivity index (χ1n) is 8.28. The van der Waals surface area contributed by atoms with Crippen molar-refractivity contribution in [2.45, 2.75) is 55.4 Å². The van der Waals surface area contributed by atoms with E-state index in [1.165, 1.54) is 23.1 Å². The largest absolute Gasteiger partial charge is 0.416 e. The smallest absolute Gasteiger partial charge is 0.277 e. The average Bonchev–Trinajstić information content (AvgIpc) is 2.98. The van der Waals surface area contributed by atoms with Gasteiger partial charge in [-0.1, -0.05) is 11.8 Å². The number of amides is 2. The second-order valence-electron chi connectivity index (χ2n) is 6.36. The fourth-order valence-corrected chi connectivity index (χ4v) is 4.92. The topological polar surface area (TPSA) is 111 Å². The van der Waals surface area contributed by atoms with Crippen LogP contribution in [0.5, 0.6) is 0 Å². The number of rotatable bonds is 6. The molecule has 0 unspecified atom stereocenters. The lowest BCUT2D eigenvalue weighted by Crippen LogP contribution is -2.24. The molecule has 4 rings (SSSR count). The molecule has 2 aromatic heterocycles. The van der Waals surface area contributed by atoms with Gasteiger partial charge in [-0.3, -0.25) is 9.59 Å². The predicted molar refractivity (Wildman–Crippen MR) is 95.1 cm³/mol. The highest BCUT2D eigenvalue weighted by Crippen LogP contribution is 2.41. The fraction of sp³-hybridized carbons (Fsp3) is 0.500. The molecule has 0 aromatic carbocycles. The Hall–Kier alpha value is -1.87. The highest BCUT2D eigenvalue weighted by atomic mass is 32.2. The molecule has 0 saturated heterocycles. The van der Waals surface area contributed by atoms with Crippen molar-refractivity contribution in [3.63, 3.8) is 0 Å². The van der Waals surface area contributed by atoms with Crippen LogP contribution in [-0.2, 0) is 17.6 Å². The molecule has 2 heterocycles. The zero-order valence-electron chi connectivity index (χ0n) is 13.7. The molecule has 3 N–H and O–H groups in total. The summed E-state index contributed by atoms with van der Waals surface area (Å²) in [6, 6.07) is 0. The number of primary amides is 1. The molecule has 0 radical (unpaired) electrons. The molecule has 1 atom stereocenters. The van der Waals surface area contributed by atoms with Gasteiger partial charge >= 0.3 is 0 Å². The summed E-state index contributed by atoms with van der Waals surface area (Å²) in [7, 11) is 0. The highest BCUT2D eigenvalue weighted by Gasteiger charge is 2.31. The Labute approximate surface area is 152 Å². The quantitative estimate of drug-likeness (QED) is 0.748. The number of aromatic nitrogens is 2. The van der Waals surface area contributed by atoms with Crippen LogP contribution in [0.3, 0.4) is 0 Å². The molecule has 7 nitrogen and oxygen atoms in total. The van der Waals surface area contributed by atoms with Crippen molar-refractivity contribution < 1.29 is 14.0 Å². The Morgan fingerprint density at radius 2 is 2.16 bits per heavy atom. The number of fused-ring (bicyclic) bond motifs is 1. The number of aryl methyl sites for hydroxylation is 1. The average molecular weight is 378 g/mol. The first kappa shape index (κ1) is 16.6. The van der Waals surface area contributed by atoms with Gasteiger partial charge in [0.1, 0.15) is 5.00 Å². The molecule has 2 aromatic rings. The number of carbonyl (C=O) groups excluding carboxylic acids is 2. The van der Waals surface area contributed by atoms with Gasteiger partial charge in [-0.2, -0.15) is 0 Å². The van der Waals surface area contributed by atoms with Gasteiger partial charge in [0.15, 0.2) is 0 Å². The molecular formula is C16H18N4O3S2. The van der Waals surface area contributed by atoms with Crippen LogP contribution in [0.1, 0.15) is 58.8 Å². The summed E-state index contributed by atoms with van der Waals surface area (Å²) in [5, 5.41) is 11.4. The maximum Gasteiger partial charge on any atom is 0.277 e. The van der Waals surface area contributed by atoms with E-state index in [0.29, 0.717) is 27.6 Å². The number of nitrogens with two attached hydrogens (primary N) is 1. The van der Waals surface area contributed by atoms with Crippen molar-refractivity contribution in [1.29, 1.82) is 0 Å². The lowest BCUT2D eigenvalue weighted by Gasteiger charge is -2.10. The summed E-state index contributed by atoms with van der Waals surface area (Å²) in [6.45, 7) is 1.77. The summed E-state index contributed by atoms with van der Waals surface area (Å²) >= 11 is 2.67. The maximum atomic E-state index is 12.5. The third-order valence-corrected chi connectivity index (χ3v) is 6.54. The minimum Gasteiger partial charge on any atom is -0.416 e. The van der Waals surface area contributed by atoms with Crippen molar-refractivity contribution >= 4 is 39.9 Å². The number of hydrogen-bond donors (Lipinski definition) is 2. The minimum absolute atomic E-state index is 0.210. The van der Waals surface area contributed by atoms with E-state index in [-0.39, 0.29) is 5.91 Å². The zero-order valence-corrected chi connectivity index (χ0v) is 15.3. The monoisotopic (exact) mass is 378 g/mol. The molecule has 132 valence electrons. The second-order valence-corrected chi connectivity index (χ2v) is 8.75. The van der Waals surface area contributed by atoms with Gasteiger partial charge in [-0.05, 0) is 44.6 Å². The summed E-state index contributed by atoms with van der Waals surface area (Å²) < 4.78 is 5.58. The van der Waals surface area contributed by atoms with Gasteiger partial charge < -0.3 is 15.5 Å². The van der Waals surface area contributed by atoms with Crippen LogP contribution >= 0.6 is 23.1 Å². The van der Waals surface area contributed by atoms with Crippen molar-refractivity contribution in [2.24, 2.45) is 5.73 Å². The van der Waals surface area contributed by atoms with Crippen molar-refractivity contribution in [1.82, 2.24) is 10.2 Å². The summed E-state index contributed by atoms with van der Waals surface area (Å²) in [6.07, 6.45) is 4.98. The van der Waals surface area contributed by atoms with Gasteiger partial charge in [0.2, 0.25) is 11.8 Å². The molecule has 25 heavy (non-hydrogen) atoms. The van der Waals surface area contributed by atoms with Gasteiger partial charge in [-0.15, -0.1) is 21.5 Å². The normalized spacial score (nSPS) is 17.3. The first-order chi connectivity index (χ1) is 12.0. The number of thiophene rings is 1. The van der Waals surface area contributed by atoms with Crippen molar-refractivity contribution in [3.05, 3.63) is 21.9 Å². The molecule has 0 aliphatic heterocycles. The third-order valence-electron chi connectivity index (χ3n) is 4.40. The minimum atomic E-state index is -0.485. The number of thioether (sulfide) groups is 1. The van der Waals surface area contributed by atoms with Gasteiger partial charge in [0.25, 0.3) is 11.1 Å². The van der Waals surface area contributed by atoms with E-state index < -0.39 is 11.2 Å². The Morgan fingerprint density at radius 1 is 1.36 bits per heavy atom. The third kappa shape index (κ3) is 3.30. The van der Waals surface area contributed by atoms with E-state index >= 15 is 0 Å². The SMILES string of the molecule is C[C@H](Sc1nnc(C2CC2)o1)C(=O)Nc1sc2c(c1C(N)=O)CCC2. The van der Waals surface area contributed by atoms with Crippen LogP contribution in [0.2, 0.25) is 0 Å². The van der Waals surface area contributed by atoms with Gasteiger partial charge in [-0.25, -0.2) is 0 Å². The van der Waals surface area contributed by atoms with Crippen LogP contribution < -0.4 is 11.1 Å². The van der Waals surface area contributed by atoms with Crippen LogP contribution in [0.15, 0.2) is 9.64 Å². The molecule has 2 aliphatic rings. The molecule has 0 bridgehead atoms. The van der Waals surface area contributed by atoms with E-state index in [1.807, 2.05) is 0 Å². The highest BCUT2D eigenvalue weighted by molar-refractivity contribution is 8.00. The summed E-state index contributed by atoms with van der Waals surface area (Å²) in [5.74, 6) is 0.345. The summed E-state index contributed by atoms with van der Waals surface area (Å²) in [5.41, 5.74) is 6.99. The molecule has 1 fully saturated rings. The second kappa shape index (κ2) is 6.45. The number of hydrogen-bond acceptors (Lipinski definition) is 7. The Morgan fingerprint density at radius 3 is 2.88 bits per heavy atom. The number of nitrogens with one attached hydrogen (secondary N) is 1. The van der Waals surface area contributed by atoms with Crippen molar-refractivity contribution in [3.8, 4) is 0 Å². The maximum absolute atomic E-state index is 12.5. The fourth-order valence-electron chi connectivity index (χ4n) is 2.93. The van der Waals surface area contributed by atoms with Crippen LogP contribution in [0.4, 0.5) is 5.00 Å². The van der Waals surface area contributed by atoms with E-state index in [4.69, 9.17) is 10.2 Å². The Balaban J connectivity index is 1.45. The zero-order chi connectivity index (χ0) is 17.6. The Bertz CT molecular complexity index is 841. The number of carbonyl (C=O) groups is 2. The first-order valence-corrected chi connectivity index (χ1v) is 9.97. The van der Waals surface area contributed by atoms with E-state index in [9.17, 15) is 9.59 Å². The lowest BCUT2D eigenvalue weighted by atomic mass is 10.1. The standard InChI is InChI=1S/C16H18N4O3S2/c1-7(24-16-20-19-14(23-16)8-5-6-8)13(22)18-15-11(12(17)21)9-3-2-4-10(9)25-15/h7-8H,2-6H2,1H3,(H2,17,21)(H,18,22)/t7-/m0/s1. The number of nitrogens with zero attached hydrogens (tertiary/aromatic N) is 2. The van der Waals surface area contributed by atoms with E-state index in [2.05, 4.69) is 15.5 Å². The van der Waals surface area contributed by atoms with E-state index in [0.717, 1.165) is 42.5 Å². The summed E-state index contributed by atoms with van der Waals surface area (Å²) in [4.78, 5) is 25.4. The molecule has 1 saturated carbocycles. The number of anilines is 1. The van der Waals surface area contributed by atoms with E-state index in [1.54, 1.807) is 6.92 Å². The molecule has 2 amide bonds. The molecule has 0 spiro atoms. The van der Waals surface area contributed by atoms with Crippen molar-refractivity contribution in [2.75, 3.05) is 5.32 Å². The Kier molecular flexibility index (Phi) is 4.28. The molecule has 2 aliphatic carbocycles. The van der Waals surface area contributed by atoms with Gasteiger partial charge in [0, 0.05) is 10.8 Å². The molecular weight excluding hydrogens is 360 g/mol. The lowest BCUT2D eigenvalue weighted by molar-refractivity contribution is -0.115. The predicted octanol–water partition coefficient (Wildman–Crippen LogP) is 2.72. The van der Waals surface area contributed by atoms with Crippen LogP contribution in [0.25, 0.3) is 0 Å². The van der Waals surface area contributed by atoms with Gasteiger partial charge in [0.05, 0.1) is 10.8 Å². The van der Waals surface area contributed by atoms with Crippen LogP contribution in [-0.4, -0.2) is 27.3 Å².